The molecule has 3 rings (SSSR count). The zero-order chi connectivity index (χ0) is 13.1. The lowest BCUT2D eigenvalue weighted by atomic mass is 10.1. The molecule has 0 spiro atoms. The van der Waals surface area contributed by atoms with Crippen LogP contribution in [-0.4, -0.2) is 6.54 Å². The molecule has 98 valence electrons. The monoisotopic (exact) mass is 252 g/mol. The lowest BCUT2D eigenvalue weighted by Gasteiger charge is -2.16. The summed E-state index contributed by atoms with van der Waals surface area (Å²) >= 11 is 0. The summed E-state index contributed by atoms with van der Waals surface area (Å²) in [4.78, 5) is 0. The Hall–Kier alpha value is -1.80. The Kier molecular flexibility index (Phi) is 3.51. The number of rotatable bonds is 4. The van der Waals surface area contributed by atoms with Gasteiger partial charge in [0.1, 0.15) is 0 Å². The van der Waals surface area contributed by atoms with Gasteiger partial charge in [-0.25, -0.2) is 0 Å². The van der Waals surface area contributed by atoms with Gasteiger partial charge in [-0.2, -0.15) is 0 Å². The van der Waals surface area contributed by atoms with Gasteiger partial charge >= 0.3 is 0 Å². The highest BCUT2D eigenvalue weighted by molar-refractivity contribution is 5.61. The Labute approximate surface area is 114 Å². The summed E-state index contributed by atoms with van der Waals surface area (Å²) in [5, 5.41) is 7.10. The number of hydrogen-bond donors (Lipinski definition) is 2. The quantitative estimate of drug-likeness (QED) is 0.870. The predicted molar refractivity (Wildman–Crippen MR) is 80.3 cm³/mol. The molecule has 0 saturated carbocycles. The molecular formula is C17H20N2. The van der Waals surface area contributed by atoms with Gasteiger partial charge in [0, 0.05) is 24.8 Å². The molecule has 0 radical (unpaired) electrons. The number of nitrogens with one attached hydrogen (secondary N) is 2. The lowest BCUT2D eigenvalue weighted by Crippen LogP contribution is -2.18. The average molecular weight is 252 g/mol. The van der Waals surface area contributed by atoms with Crippen LogP contribution in [0.2, 0.25) is 0 Å². The number of para-hydroxylation sites is 1. The Balaban J connectivity index is 1.69. The van der Waals surface area contributed by atoms with Crippen LogP contribution in [0.3, 0.4) is 0 Å². The Bertz CT molecular complexity index is 548. The average Bonchev–Trinajstić information content (AvgIpc) is 2.94. The third-order valence-corrected chi connectivity index (χ3v) is 3.83. The Morgan fingerprint density at radius 1 is 1.11 bits per heavy atom. The molecule has 0 amide bonds. The first-order chi connectivity index (χ1) is 9.34. The molecule has 0 aliphatic carbocycles. The van der Waals surface area contributed by atoms with E-state index in [0.29, 0.717) is 6.04 Å². The third kappa shape index (κ3) is 2.64. The minimum absolute atomic E-state index is 0.374. The van der Waals surface area contributed by atoms with Crippen molar-refractivity contribution in [2.24, 2.45) is 0 Å². The van der Waals surface area contributed by atoms with Crippen molar-refractivity contribution < 1.29 is 0 Å². The van der Waals surface area contributed by atoms with Gasteiger partial charge < -0.3 is 10.6 Å². The van der Waals surface area contributed by atoms with Crippen LogP contribution in [0.25, 0.3) is 0 Å². The van der Waals surface area contributed by atoms with Crippen LogP contribution < -0.4 is 10.6 Å². The molecule has 1 atom stereocenters. The highest BCUT2D eigenvalue weighted by Gasteiger charge is 2.13. The minimum atomic E-state index is 0.374. The van der Waals surface area contributed by atoms with E-state index in [1.165, 1.54) is 22.4 Å². The number of anilines is 1. The minimum Gasteiger partial charge on any atom is -0.384 e. The van der Waals surface area contributed by atoms with E-state index in [1.54, 1.807) is 0 Å². The van der Waals surface area contributed by atoms with Crippen LogP contribution >= 0.6 is 0 Å². The summed E-state index contributed by atoms with van der Waals surface area (Å²) in [6.45, 7) is 4.19. The smallest absolute Gasteiger partial charge is 0.0419 e. The highest BCUT2D eigenvalue weighted by atomic mass is 14.9. The zero-order valence-electron chi connectivity index (χ0n) is 11.3. The van der Waals surface area contributed by atoms with Crippen LogP contribution in [0.15, 0.2) is 48.5 Å². The molecule has 1 aliphatic rings. The maximum Gasteiger partial charge on any atom is 0.0419 e. The van der Waals surface area contributed by atoms with Crippen LogP contribution in [0, 0.1) is 0 Å². The van der Waals surface area contributed by atoms with Gasteiger partial charge in [-0.1, -0.05) is 48.5 Å². The van der Waals surface area contributed by atoms with Crippen molar-refractivity contribution in [1.82, 2.24) is 5.32 Å². The lowest BCUT2D eigenvalue weighted by molar-refractivity contribution is 0.575. The van der Waals surface area contributed by atoms with E-state index in [9.17, 15) is 0 Å². The van der Waals surface area contributed by atoms with E-state index in [4.69, 9.17) is 0 Å². The van der Waals surface area contributed by atoms with Crippen molar-refractivity contribution in [3.63, 3.8) is 0 Å². The maximum absolute atomic E-state index is 3.60. The highest BCUT2D eigenvalue weighted by Crippen LogP contribution is 2.26. The molecule has 0 fully saturated rings. The molecule has 2 heteroatoms. The molecule has 2 nitrogen and oxygen atoms in total. The second kappa shape index (κ2) is 5.45. The van der Waals surface area contributed by atoms with Crippen LogP contribution in [0.5, 0.6) is 0 Å². The molecular weight excluding hydrogens is 232 g/mol. The zero-order valence-corrected chi connectivity index (χ0v) is 11.3. The number of hydrogen-bond acceptors (Lipinski definition) is 2. The van der Waals surface area contributed by atoms with E-state index >= 15 is 0 Å². The molecule has 2 aromatic carbocycles. The van der Waals surface area contributed by atoms with E-state index < -0.39 is 0 Å². The summed E-state index contributed by atoms with van der Waals surface area (Å²) in [7, 11) is 0. The standard InChI is InChI=1S/C17H20N2/c1-13(14-6-3-2-4-7-14)19-12-16-9-5-8-15-10-11-18-17(15)16/h2-9,13,18-19H,10-12H2,1H3/t13-/m1/s1. The van der Waals surface area contributed by atoms with Gasteiger partial charge in [-0.05, 0) is 30.0 Å². The first-order valence-corrected chi connectivity index (χ1v) is 6.97. The van der Waals surface area contributed by atoms with Gasteiger partial charge in [0.25, 0.3) is 0 Å². The molecule has 2 N–H and O–H groups in total. The number of benzene rings is 2. The van der Waals surface area contributed by atoms with E-state index in [0.717, 1.165) is 19.5 Å². The van der Waals surface area contributed by atoms with Crippen molar-refractivity contribution in [3.8, 4) is 0 Å². The predicted octanol–water partition coefficient (Wildman–Crippen LogP) is 3.51. The SMILES string of the molecule is C[C@@H](NCc1cccc2c1NCC2)c1ccccc1. The fourth-order valence-corrected chi connectivity index (χ4v) is 2.68. The van der Waals surface area contributed by atoms with E-state index in [1.807, 2.05) is 0 Å². The second-order valence-corrected chi connectivity index (χ2v) is 5.14. The van der Waals surface area contributed by atoms with Gasteiger partial charge in [-0.3, -0.25) is 0 Å². The second-order valence-electron chi connectivity index (χ2n) is 5.14. The summed E-state index contributed by atoms with van der Waals surface area (Å²) < 4.78 is 0. The van der Waals surface area contributed by atoms with Crippen LogP contribution in [-0.2, 0) is 13.0 Å². The van der Waals surface area contributed by atoms with Crippen molar-refractivity contribution in [2.45, 2.75) is 25.9 Å². The van der Waals surface area contributed by atoms with E-state index in [2.05, 4.69) is 66.1 Å². The molecule has 0 saturated heterocycles. The summed E-state index contributed by atoms with van der Waals surface area (Å²) in [5.41, 5.74) is 5.50. The molecule has 19 heavy (non-hydrogen) atoms. The Morgan fingerprint density at radius 2 is 1.95 bits per heavy atom. The molecule has 0 aromatic heterocycles. The van der Waals surface area contributed by atoms with Gasteiger partial charge in [-0.15, -0.1) is 0 Å². The Morgan fingerprint density at radius 3 is 2.79 bits per heavy atom. The molecule has 0 unspecified atom stereocenters. The molecule has 1 aliphatic heterocycles. The molecule has 0 bridgehead atoms. The van der Waals surface area contributed by atoms with E-state index in [-0.39, 0.29) is 0 Å². The first kappa shape index (κ1) is 12.2. The van der Waals surface area contributed by atoms with Gasteiger partial charge in [0.2, 0.25) is 0 Å². The summed E-state index contributed by atoms with van der Waals surface area (Å²) in [6.07, 6.45) is 1.15. The maximum atomic E-state index is 3.60. The fourth-order valence-electron chi connectivity index (χ4n) is 2.68. The topological polar surface area (TPSA) is 24.1 Å². The fraction of sp³-hybridized carbons (Fsp3) is 0.294. The summed E-state index contributed by atoms with van der Waals surface area (Å²) in [6, 6.07) is 17.6. The van der Waals surface area contributed by atoms with Crippen molar-refractivity contribution >= 4 is 5.69 Å². The number of fused-ring (bicyclic) bond motifs is 1. The van der Waals surface area contributed by atoms with Crippen molar-refractivity contribution in [2.75, 3.05) is 11.9 Å². The third-order valence-electron chi connectivity index (χ3n) is 3.83. The first-order valence-electron chi connectivity index (χ1n) is 6.97. The van der Waals surface area contributed by atoms with Crippen LogP contribution in [0.4, 0.5) is 5.69 Å². The van der Waals surface area contributed by atoms with Crippen molar-refractivity contribution in [3.05, 3.63) is 65.2 Å². The normalized spacial score (nSPS) is 14.8. The van der Waals surface area contributed by atoms with Crippen LogP contribution in [0.1, 0.15) is 29.7 Å². The van der Waals surface area contributed by atoms with Gasteiger partial charge in [0.05, 0.1) is 0 Å². The molecule has 1 heterocycles. The van der Waals surface area contributed by atoms with Crippen molar-refractivity contribution in [1.29, 1.82) is 0 Å². The largest absolute Gasteiger partial charge is 0.384 e. The van der Waals surface area contributed by atoms with Gasteiger partial charge in [0.15, 0.2) is 0 Å². The summed E-state index contributed by atoms with van der Waals surface area (Å²) in [5.74, 6) is 0. The molecule has 2 aromatic rings.